The average Bonchev–Trinajstić information content (AvgIpc) is 2.84. The summed E-state index contributed by atoms with van der Waals surface area (Å²) in [6.07, 6.45) is 0. The molecule has 2 heterocycles. The molecule has 0 aliphatic rings. The van der Waals surface area contributed by atoms with E-state index in [0.29, 0.717) is 46.6 Å². The third kappa shape index (κ3) is 3.09. The molecule has 0 bridgehead atoms. The van der Waals surface area contributed by atoms with E-state index >= 15 is 0 Å². The van der Waals surface area contributed by atoms with Gasteiger partial charge in [-0.25, -0.2) is 4.98 Å². The molecule has 0 fully saturated rings. The first-order chi connectivity index (χ1) is 10.1. The number of aromatic nitrogens is 4. The number of nitrogens with zero attached hydrogens (tertiary/aromatic N) is 3. The van der Waals surface area contributed by atoms with Crippen LogP contribution in [0.1, 0.15) is 17.5 Å². The molecule has 21 heavy (non-hydrogen) atoms. The van der Waals surface area contributed by atoms with E-state index < -0.39 is 0 Å². The van der Waals surface area contributed by atoms with Crippen LogP contribution in [0.5, 0.6) is 0 Å². The maximum Gasteiger partial charge on any atom is 0.258 e. The Morgan fingerprint density at radius 3 is 2.95 bits per heavy atom. The van der Waals surface area contributed by atoms with Crippen LogP contribution in [-0.2, 0) is 13.1 Å². The van der Waals surface area contributed by atoms with Crippen LogP contribution in [0.3, 0.4) is 0 Å². The molecular formula is C13H12ClN5O2. The normalized spacial score (nSPS) is 11.1. The molecular weight excluding hydrogens is 294 g/mol. The first kappa shape index (κ1) is 13.7. The van der Waals surface area contributed by atoms with Crippen LogP contribution in [0.15, 0.2) is 27.5 Å². The quantitative estimate of drug-likeness (QED) is 0.759. The van der Waals surface area contributed by atoms with Gasteiger partial charge in [-0.3, -0.25) is 4.79 Å². The van der Waals surface area contributed by atoms with Crippen molar-refractivity contribution in [3.8, 4) is 0 Å². The van der Waals surface area contributed by atoms with Crippen molar-refractivity contribution in [1.82, 2.24) is 25.4 Å². The molecule has 0 radical (unpaired) electrons. The molecule has 1 aromatic carbocycles. The standard InChI is InChI=1S/C13H12ClN5O2/c1-7-16-12(19-21-7)6-15-5-11-17-10-4-8(14)2-3-9(10)13(20)18-11/h2-4,15H,5-6H2,1H3,(H,17,18,20). The lowest BCUT2D eigenvalue weighted by Crippen LogP contribution is -2.19. The fourth-order valence-electron chi connectivity index (χ4n) is 1.95. The zero-order valence-electron chi connectivity index (χ0n) is 11.2. The van der Waals surface area contributed by atoms with Crippen molar-refractivity contribution in [3.63, 3.8) is 0 Å². The summed E-state index contributed by atoms with van der Waals surface area (Å²) in [5, 5.41) is 7.91. The van der Waals surface area contributed by atoms with E-state index in [2.05, 4.69) is 25.4 Å². The highest BCUT2D eigenvalue weighted by Gasteiger charge is 2.06. The summed E-state index contributed by atoms with van der Waals surface area (Å²) < 4.78 is 4.87. The van der Waals surface area contributed by atoms with Crippen LogP contribution in [0.4, 0.5) is 0 Å². The highest BCUT2D eigenvalue weighted by atomic mass is 35.5. The highest BCUT2D eigenvalue weighted by molar-refractivity contribution is 6.31. The SMILES string of the molecule is Cc1nc(CNCc2nc3cc(Cl)ccc3c(=O)[nH]2)no1. The van der Waals surface area contributed by atoms with Crippen LogP contribution >= 0.6 is 11.6 Å². The predicted octanol–water partition coefficient (Wildman–Crippen LogP) is 1.56. The Bertz CT molecular complexity index is 842. The Labute approximate surface area is 124 Å². The molecule has 0 aliphatic carbocycles. The maximum atomic E-state index is 11.9. The molecule has 2 N–H and O–H groups in total. The molecule has 3 rings (SSSR count). The molecule has 0 amide bonds. The van der Waals surface area contributed by atoms with Crippen molar-refractivity contribution in [2.75, 3.05) is 0 Å². The number of aromatic amines is 1. The van der Waals surface area contributed by atoms with Crippen molar-refractivity contribution in [2.24, 2.45) is 0 Å². The van der Waals surface area contributed by atoms with E-state index in [9.17, 15) is 4.79 Å². The number of halogens is 1. The van der Waals surface area contributed by atoms with E-state index in [4.69, 9.17) is 16.1 Å². The molecule has 3 aromatic rings. The highest BCUT2D eigenvalue weighted by Crippen LogP contribution is 2.14. The molecule has 0 saturated heterocycles. The first-order valence-corrected chi connectivity index (χ1v) is 6.68. The van der Waals surface area contributed by atoms with Gasteiger partial charge in [0.25, 0.3) is 5.56 Å². The number of hydrogen-bond acceptors (Lipinski definition) is 6. The van der Waals surface area contributed by atoms with Gasteiger partial charge in [0.05, 0.1) is 24.0 Å². The van der Waals surface area contributed by atoms with Gasteiger partial charge < -0.3 is 14.8 Å². The summed E-state index contributed by atoms with van der Waals surface area (Å²) in [6, 6.07) is 4.98. The lowest BCUT2D eigenvalue weighted by Gasteiger charge is -2.04. The van der Waals surface area contributed by atoms with E-state index in [1.165, 1.54) is 0 Å². The summed E-state index contributed by atoms with van der Waals surface area (Å²) in [6.45, 7) is 2.53. The Morgan fingerprint density at radius 1 is 1.33 bits per heavy atom. The third-order valence-electron chi connectivity index (χ3n) is 2.86. The second-order valence-corrected chi connectivity index (χ2v) is 4.94. The van der Waals surface area contributed by atoms with E-state index in [1.807, 2.05) is 0 Å². The number of H-pyrrole nitrogens is 1. The largest absolute Gasteiger partial charge is 0.340 e. The van der Waals surface area contributed by atoms with Crippen LogP contribution in [0.2, 0.25) is 5.02 Å². The van der Waals surface area contributed by atoms with E-state index in [0.717, 1.165) is 0 Å². The Kier molecular flexibility index (Phi) is 3.68. The Hall–Kier alpha value is -2.25. The monoisotopic (exact) mass is 305 g/mol. The smallest absolute Gasteiger partial charge is 0.258 e. The van der Waals surface area contributed by atoms with E-state index in [-0.39, 0.29) is 5.56 Å². The fourth-order valence-corrected chi connectivity index (χ4v) is 2.12. The minimum Gasteiger partial charge on any atom is -0.340 e. The summed E-state index contributed by atoms with van der Waals surface area (Å²) in [4.78, 5) is 23.1. The van der Waals surface area contributed by atoms with Gasteiger partial charge in [0.15, 0.2) is 5.82 Å². The zero-order chi connectivity index (χ0) is 14.8. The third-order valence-corrected chi connectivity index (χ3v) is 3.10. The number of rotatable bonds is 4. The van der Waals surface area contributed by atoms with Crippen LogP contribution in [0, 0.1) is 6.92 Å². The van der Waals surface area contributed by atoms with Gasteiger partial charge in [0.2, 0.25) is 5.89 Å². The topological polar surface area (TPSA) is 96.7 Å². The summed E-state index contributed by atoms with van der Waals surface area (Å²) in [5.74, 6) is 1.59. The van der Waals surface area contributed by atoms with Gasteiger partial charge >= 0.3 is 0 Å². The molecule has 0 aliphatic heterocycles. The van der Waals surface area contributed by atoms with Crippen LogP contribution < -0.4 is 10.9 Å². The second kappa shape index (κ2) is 5.63. The first-order valence-electron chi connectivity index (χ1n) is 6.30. The minimum atomic E-state index is -0.191. The van der Waals surface area contributed by atoms with Gasteiger partial charge in [-0.2, -0.15) is 4.98 Å². The lowest BCUT2D eigenvalue weighted by atomic mass is 10.2. The number of fused-ring (bicyclic) bond motifs is 1. The molecule has 0 atom stereocenters. The van der Waals surface area contributed by atoms with Gasteiger partial charge in [0, 0.05) is 11.9 Å². The molecule has 108 valence electrons. The van der Waals surface area contributed by atoms with Crippen molar-refractivity contribution in [2.45, 2.75) is 20.0 Å². The maximum absolute atomic E-state index is 11.9. The average molecular weight is 306 g/mol. The van der Waals surface area contributed by atoms with Gasteiger partial charge in [-0.05, 0) is 18.2 Å². The molecule has 2 aromatic heterocycles. The molecule has 0 unspecified atom stereocenters. The van der Waals surface area contributed by atoms with Gasteiger partial charge in [-0.15, -0.1) is 0 Å². The summed E-state index contributed by atoms with van der Waals surface area (Å²) in [5.41, 5.74) is 0.377. The molecule has 8 heteroatoms. The number of hydrogen-bond donors (Lipinski definition) is 2. The van der Waals surface area contributed by atoms with Crippen molar-refractivity contribution >= 4 is 22.5 Å². The fraction of sp³-hybridized carbons (Fsp3) is 0.231. The van der Waals surface area contributed by atoms with Crippen molar-refractivity contribution in [1.29, 1.82) is 0 Å². The van der Waals surface area contributed by atoms with E-state index in [1.54, 1.807) is 25.1 Å². The number of aryl methyl sites for hydroxylation is 1. The predicted molar refractivity (Wildman–Crippen MR) is 77.0 cm³/mol. The zero-order valence-corrected chi connectivity index (χ0v) is 11.9. The van der Waals surface area contributed by atoms with Gasteiger partial charge in [0.1, 0.15) is 5.82 Å². The summed E-state index contributed by atoms with van der Waals surface area (Å²) >= 11 is 5.92. The van der Waals surface area contributed by atoms with Gasteiger partial charge in [-0.1, -0.05) is 16.8 Å². The Balaban J connectivity index is 1.76. The summed E-state index contributed by atoms with van der Waals surface area (Å²) in [7, 11) is 0. The van der Waals surface area contributed by atoms with Crippen molar-refractivity contribution in [3.05, 3.63) is 51.1 Å². The number of nitrogens with one attached hydrogen (secondary N) is 2. The Morgan fingerprint density at radius 2 is 2.19 bits per heavy atom. The van der Waals surface area contributed by atoms with Crippen LogP contribution in [-0.4, -0.2) is 20.1 Å². The van der Waals surface area contributed by atoms with Crippen molar-refractivity contribution < 1.29 is 4.52 Å². The molecule has 0 saturated carbocycles. The number of benzene rings is 1. The molecule has 7 nitrogen and oxygen atoms in total. The minimum absolute atomic E-state index is 0.191. The second-order valence-electron chi connectivity index (χ2n) is 4.51. The lowest BCUT2D eigenvalue weighted by molar-refractivity contribution is 0.385. The molecule has 0 spiro atoms. The van der Waals surface area contributed by atoms with Crippen LogP contribution in [0.25, 0.3) is 10.9 Å².